The molecular weight excluding hydrogens is 516 g/mol. The Kier molecular flexibility index (Phi) is 11.0. The second-order valence-corrected chi connectivity index (χ2v) is 11.6. The molecule has 7 atom stereocenters. The van der Waals surface area contributed by atoms with E-state index in [1.54, 1.807) is 0 Å². The number of aliphatic hydroxyl groups excluding tert-OH is 1. The van der Waals surface area contributed by atoms with Gasteiger partial charge in [0.25, 0.3) is 0 Å². The Hall–Kier alpha value is -2.58. The van der Waals surface area contributed by atoms with Gasteiger partial charge in [-0.1, -0.05) is 105 Å². The number of benzene rings is 3. The van der Waals surface area contributed by atoms with Gasteiger partial charge in [0.15, 0.2) is 6.29 Å². The molecule has 0 spiro atoms. The van der Waals surface area contributed by atoms with Gasteiger partial charge >= 0.3 is 0 Å². The highest BCUT2D eigenvalue weighted by molar-refractivity contribution is 5.15. The van der Waals surface area contributed by atoms with E-state index in [2.05, 4.69) is 38.1 Å². The number of ether oxygens (including phenoxy) is 5. The lowest BCUT2D eigenvalue weighted by Gasteiger charge is -2.44. The molecule has 1 aliphatic carbocycles. The van der Waals surface area contributed by atoms with Crippen molar-refractivity contribution in [3.8, 4) is 0 Å². The summed E-state index contributed by atoms with van der Waals surface area (Å²) >= 11 is 0. The molecule has 3 unspecified atom stereocenters. The van der Waals surface area contributed by atoms with Gasteiger partial charge in [-0.25, -0.2) is 0 Å². The summed E-state index contributed by atoms with van der Waals surface area (Å²) in [5, 5.41) is 10.8. The molecule has 1 N–H and O–H groups in total. The van der Waals surface area contributed by atoms with Gasteiger partial charge in [-0.3, -0.25) is 0 Å². The predicted octanol–water partition coefficient (Wildman–Crippen LogP) is 6.30. The summed E-state index contributed by atoms with van der Waals surface area (Å²) in [5.41, 5.74) is 3.23. The van der Waals surface area contributed by atoms with E-state index in [1.807, 2.05) is 66.7 Å². The monoisotopic (exact) mass is 560 g/mol. The predicted molar refractivity (Wildman–Crippen MR) is 158 cm³/mol. The fourth-order valence-electron chi connectivity index (χ4n) is 5.92. The highest BCUT2D eigenvalue weighted by atomic mass is 16.7. The fourth-order valence-corrected chi connectivity index (χ4v) is 5.92. The molecule has 220 valence electrons. The van der Waals surface area contributed by atoms with E-state index in [9.17, 15) is 5.11 Å². The van der Waals surface area contributed by atoms with Crippen molar-refractivity contribution in [2.75, 3.05) is 6.61 Å². The number of rotatable bonds is 12. The second-order valence-electron chi connectivity index (χ2n) is 11.6. The first kappa shape index (κ1) is 29.9. The first-order valence-electron chi connectivity index (χ1n) is 15.0. The Bertz CT molecular complexity index is 1140. The van der Waals surface area contributed by atoms with Crippen molar-refractivity contribution in [1.29, 1.82) is 0 Å². The van der Waals surface area contributed by atoms with Crippen LogP contribution in [0.1, 0.15) is 49.8 Å². The van der Waals surface area contributed by atoms with Crippen molar-refractivity contribution in [3.63, 3.8) is 0 Å². The number of hydrogen-bond donors (Lipinski definition) is 1. The zero-order valence-electron chi connectivity index (χ0n) is 24.2. The Balaban J connectivity index is 1.34. The van der Waals surface area contributed by atoms with Crippen molar-refractivity contribution in [2.24, 2.45) is 11.8 Å². The molecule has 1 saturated carbocycles. The Morgan fingerprint density at radius 3 is 1.73 bits per heavy atom. The maximum absolute atomic E-state index is 10.8. The quantitative estimate of drug-likeness (QED) is 0.280. The lowest BCUT2D eigenvalue weighted by Crippen LogP contribution is -2.57. The van der Waals surface area contributed by atoms with Gasteiger partial charge in [0, 0.05) is 0 Å². The summed E-state index contributed by atoms with van der Waals surface area (Å²) < 4.78 is 32.5. The van der Waals surface area contributed by atoms with Crippen molar-refractivity contribution in [2.45, 2.75) is 89.7 Å². The molecule has 1 heterocycles. The zero-order chi connectivity index (χ0) is 28.4. The van der Waals surface area contributed by atoms with E-state index in [0.29, 0.717) is 44.7 Å². The van der Waals surface area contributed by atoms with E-state index in [-0.39, 0.29) is 18.3 Å². The summed E-state index contributed by atoms with van der Waals surface area (Å²) in [6.45, 7) is 5.95. The largest absolute Gasteiger partial charge is 0.393 e. The van der Waals surface area contributed by atoms with Crippen molar-refractivity contribution in [1.82, 2.24) is 0 Å². The summed E-state index contributed by atoms with van der Waals surface area (Å²) in [6, 6.07) is 30.4. The van der Waals surface area contributed by atoms with Gasteiger partial charge in [-0.05, 0) is 47.8 Å². The molecule has 6 nitrogen and oxygen atoms in total. The third-order valence-corrected chi connectivity index (χ3v) is 8.26. The van der Waals surface area contributed by atoms with Crippen molar-refractivity contribution < 1.29 is 28.8 Å². The van der Waals surface area contributed by atoms with Crippen molar-refractivity contribution in [3.05, 3.63) is 108 Å². The van der Waals surface area contributed by atoms with Crippen LogP contribution in [0.5, 0.6) is 0 Å². The van der Waals surface area contributed by atoms with Crippen LogP contribution < -0.4 is 0 Å². The Morgan fingerprint density at radius 1 is 0.707 bits per heavy atom. The van der Waals surface area contributed by atoms with Gasteiger partial charge in [-0.2, -0.15) is 0 Å². The third-order valence-electron chi connectivity index (χ3n) is 8.26. The molecule has 2 fully saturated rings. The van der Waals surface area contributed by atoms with Gasteiger partial charge < -0.3 is 28.8 Å². The minimum Gasteiger partial charge on any atom is -0.393 e. The molecule has 5 rings (SSSR count). The molecule has 1 saturated heterocycles. The van der Waals surface area contributed by atoms with Crippen LogP contribution in [0.15, 0.2) is 91.0 Å². The van der Waals surface area contributed by atoms with E-state index >= 15 is 0 Å². The SMILES string of the molecule is CC(C)[C@H]1CCC(O[C@@H]2OC[C@@H](OCc3ccccc3)C(OCc3ccccc3)C2OCc2ccccc2)C[C@@H]1O. The van der Waals surface area contributed by atoms with Crippen LogP contribution in [-0.4, -0.2) is 48.5 Å². The van der Waals surface area contributed by atoms with Gasteiger partial charge in [0.2, 0.25) is 0 Å². The Labute approximate surface area is 244 Å². The smallest absolute Gasteiger partial charge is 0.186 e. The summed E-state index contributed by atoms with van der Waals surface area (Å²) in [7, 11) is 0. The van der Waals surface area contributed by atoms with Crippen LogP contribution in [0.4, 0.5) is 0 Å². The minimum absolute atomic E-state index is 0.107. The number of hydrogen-bond acceptors (Lipinski definition) is 6. The molecular formula is C35H44O6. The van der Waals surface area contributed by atoms with E-state index in [0.717, 1.165) is 29.5 Å². The average Bonchev–Trinajstić information content (AvgIpc) is 3.00. The van der Waals surface area contributed by atoms with Crippen LogP contribution in [0.3, 0.4) is 0 Å². The van der Waals surface area contributed by atoms with Gasteiger partial charge in [0.1, 0.15) is 18.3 Å². The molecule has 41 heavy (non-hydrogen) atoms. The van der Waals surface area contributed by atoms with E-state index < -0.39 is 18.5 Å². The standard InChI is InChI=1S/C35H44O6/c1-25(2)30-19-18-29(20-31(30)36)41-35-34(39-23-28-16-10-5-11-17-28)33(38-22-27-14-8-4-9-15-27)32(24-40-35)37-21-26-12-6-3-7-13-26/h3-17,25,29-36H,18-24H2,1-2H3/t29?,30-,31+,32-,33?,34?,35+/m1/s1. The van der Waals surface area contributed by atoms with E-state index in [4.69, 9.17) is 23.7 Å². The molecule has 3 aromatic carbocycles. The molecule has 2 aliphatic rings. The molecule has 0 aromatic heterocycles. The summed E-state index contributed by atoms with van der Waals surface area (Å²) in [6.07, 6.45) is 0.00393. The normalized spacial score (nSPS) is 28.5. The van der Waals surface area contributed by atoms with Gasteiger partial charge in [0.05, 0.1) is 38.6 Å². The van der Waals surface area contributed by atoms with E-state index in [1.165, 1.54) is 0 Å². The molecule has 1 aliphatic heterocycles. The number of aliphatic hydroxyl groups is 1. The van der Waals surface area contributed by atoms with Crippen LogP contribution in [-0.2, 0) is 43.5 Å². The second kappa shape index (κ2) is 15.1. The summed E-state index contributed by atoms with van der Waals surface area (Å²) in [5.74, 6) is 0.738. The zero-order valence-corrected chi connectivity index (χ0v) is 24.2. The van der Waals surface area contributed by atoms with Crippen LogP contribution in [0.2, 0.25) is 0 Å². The highest BCUT2D eigenvalue weighted by Gasteiger charge is 2.45. The first-order chi connectivity index (χ1) is 20.1. The molecule has 3 aromatic rings. The highest BCUT2D eigenvalue weighted by Crippen LogP contribution is 2.35. The fraction of sp³-hybridized carbons (Fsp3) is 0.486. The lowest BCUT2D eigenvalue weighted by molar-refractivity contribution is -0.312. The molecule has 6 heteroatoms. The summed E-state index contributed by atoms with van der Waals surface area (Å²) in [4.78, 5) is 0. The molecule has 0 bridgehead atoms. The third kappa shape index (κ3) is 8.48. The molecule has 0 amide bonds. The van der Waals surface area contributed by atoms with Crippen LogP contribution >= 0.6 is 0 Å². The minimum atomic E-state index is -0.635. The van der Waals surface area contributed by atoms with Crippen LogP contribution in [0, 0.1) is 11.8 Å². The average molecular weight is 561 g/mol. The lowest BCUT2D eigenvalue weighted by atomic mass is 9.78. The maximum atomic E-state index is 10.8. The van der Waals surface area contributed by atoms with Gasteiger partial charge in [-0.15, -0.1) is 0 Å². The molecule has 0 radical (unpaired) electrons. The Morgan fingerprint density at radius 2 is 1.22 bits per heavy atom. The first-order valence-corrected chi connectivity index (χ1v) is 15.0. The topological polar surface area (TPSA) is 66.4 Å². The maximum Gasteiger partial charge on any atom is 0.186 e. The van der Waals surface area contributed by atoms with Crippen LogP contribution in [0.25, 0.3) is 0 Å². The van der Waals surface area contributed by atoms with Crippen molar-refractivity contribution >= 4 is 0 Å².